The molecule has 0 saturated heterocycles. The summed E-state index contributed by atoms with van der Waals surface area (Å²) in [6, 6.07) is 6.34. The van der Waals surface area contributed by atoms with Crippen molar-refractivity contribution in [1.29, 1.82) is 0 Å². The third kappa shape index (κ3) is 4.71. The first-order chi connectivity index (χ1) is 9.79. The summed E-state index contributed by atoms with van der Waals surface area (Å²) >= 11 is 0. The molecule has 1 unspecified atom stereocenters. The molecule has 2 rings (SSSR count). The zero-order chi connectivity index (χ0) is 14.2. The maximum Gasteiger partial charge on any atom is 0.161 e. The molecule has 1 atom stereocenters. The van der Waals surface area contributed by atoms with Crippen LogP contribution in [0.2, 0.25) is 0 Å². The molecule has 112 valence electrons. The second-order valence-corrected chi connectivity index (χ2v) is 5.66. The van der Waals surface area contributed by atoms with Gasteiger partial charge in [-0.25, -0.2) is 0 Å². The summed E-state index contributed by atoms with van der Waals surface area (Å²) in [5, 5.41) is 3.47. The zero-order valence-electron chi connectivity index (χ0n) is 12.8. The highest BCUT2D eigenvalue weighted by atomic mass is 16.6. The van der Waals surface area contributed by atoms with Crippen molar-refractivity contribution in [3.05, 3.63) is 23.8 Å². The predicted molar refractivity (Wildman–Crippen MR) is 82.7 cm³/mol. The van der Waals surface area contributed by atoms with Crippen LogP contribution in [0.5, 0.6) is 11.5 Å². The molecule has 0 saturated carbocycles. The molecule has 1 aliphatic rings. The van der Waals surface area contributed by atoms with E-state index < -0.39 is 0 Å². The van der Waals surface area contributed by atoms with Crippen LogP contribution in [0.25, 0.3) is 0 Å². The van der Waals surface area contributed by atoms with Gasteiger partial charge in [-0.15, -0.1) is 0 Å². The van der Waals surface area contributed by atoms with Gasteiger partial charge in [0.05, 0.1) is 0 Å². The van der Waals surface area contributed by atoms with Gasteiger partial charge in [-0.2, -0.15) is 0 Å². The van der Waals surface area contributed by atoms with E-state index in [-0.39, 0.29) is 0 Å². The Kier molecular flexibility index (Phi) is 6.19. The quantitative estimate of drug-likeness (QED) is 0.739. The van der Waals surface area contributed by atoms with Gasteiger partial charge in [0.1, 0.15) is 13.2 Å². The van der Waals surface area contributed by atoms with Gasteiger partial charge in [0.25, 0.3) is 0 Å². The molecular formula is C17H27NO2. The minimum absolute atomic E-state index is 0.661. The van der Waals surface area contributed by atoms with E-state index in [1.165, 1.54) is 24.8 Å². The van der Waals surface area contributed by atoms with Crippen molar-refractivity contribution in [2.75, 3.05) is 26.3 Å². The smallest absolute Gasteiger partial charge is 0.161 e. The van der Waals surface area contributed by atoms with Crippen molar-refractivity contribution in [2.24, 2.45) is 5.92 Å². The summed E-state index contributed by atoms with van der Waals surface area (Å²) in [5.74, 6) is 2.55. The van der Waals surface area contributed by atoms with Crippen LogP contribution < -0.4 is 14.8 Å². The van der Waals surface area contributed by atoms with Gasteiger partial charge in [-0.05, 0) is 62.4 Å². The maximum absolute atomic E-state index is 5.63. The van der Waals surface area contributed by atoms with Crippen LogP contribution in [0.1, 0.15) is 38.7 Å². The molecule has 1 aliphatic heterocycles. The van der Waals surface area contributed by atoms with Crippen molar-refractivity contribution in [3.8, 4) is 11.5 Å². The third-order valence-corrected chi connectivity index (χ3v) is 3.77. The van der Waals surface area contributed by atoms with Gasteiger partial charge in [-0.3, -0.25) is 0 Å². The molecule has 0 radical (unpaired) electrons. The van der Waals surface area contributed by atoms with E-state index in [0.29, 0.717) is 13.2 Å². The highest BCUT2D eigenvalue weighted by Gasteiger charge is 2.12. The summed E-state index contributed by atoms with van der Waals surface area (Å²) in [7, 11) is 0. The van der Waals surface area contributed by atoms with Gasteiger partial charge < -0.3 is 14.8 Å². The summed E-state index contributed by atoms with van der Waals surface area (Å²) < 4.78 is 11.2. The lowest BCUT2D eigenvalue weighted by Crippen LogP contribution is -2.18. The molecule has 20 heavy (non-hydrogen) atoms. The molecule has 1 aromatic rings. The van der Waals surface area contributed by atoms with Crippen LogP contribution in [-0.2, 0) is 6.42 Å². The SMILES string of the molecule is CCCNCCC(C)CCc1ccc2c(c1)OCCO2. The Morgan fingerprint density at radius 2 is 1.90 bits per heavy atom. The molecule has 1 heterocycles. The van der Waals surface area contributed by atoms with Crippen LogP contribution in [0, 0.1) is 5.92 Å². The number of fused-ring (bicyclic) bond motifs is 1. The van der Waals surface area contributed by atoms with E-state index in [9.17, 15) is 0 Å². The van der Waals surface area contributed by atoms with E-state index in [1.807, 2.05) is 6.07 Å². The maximum atomic E-state index is 5.63. The largest absolute Gasteiger partial charge is 0.486 e. The number of hydrogen-bond donors (Lipinski definition) is 1. The van der Waals surface area contributed by atoms with E-state index in [1.54, 1.807) is 0 Å². The Morgan fingerprint density at radius 3 is 2.70 bits per heavy atom. The number of benzene rings is 1. The first-order valence-corrected chi connectivity index (χ1v) is 7.89. The normalized spacial score (nSPS) is 15.1. The summed E-state index contributed by atoms with van der Waals surface area (Å²) in [5.41, 5.74) is 1.35. The van der Waals surface area contributed by atoms with Crippen LogP contribution >= 0.6 is 0 Å². The molecule has 1 aromatic carbocycles. The molecule has 0 fully saturated rings. The monoisotopic (exact) mass is 277 g/mol. The second-order valence-electron chi connectivity index (χ2n) is 5.66. The lowest BCUT2D eigenvalue weighted by molar-refractivity contribution is 0.171. The average Bonchev–Trinajstić information content (AvgIpc) is 2.49. The van der Waals surface area contributed by atoms with Crippen LogP contribution in [0.15, 0.2) is 18.2 Å². The fraction of sp³-hybridized carbons (Fsp3) is 0.647. The second kappa shape index (κ2) is 8.15. The number of nitrogens with one attached hydrogen (secondary N) is 1. The zero-order valence-corrected chi connectivity index (χ0v) is 12.8. The summed E-state index contributed by atoms with van der Waals surface area (Å²) in [6.07, 6.45) is 4.81. The number of ether oxygens (including phenoxy) is 2. The van der Waals surface area contributed by atoms with Crippen molar-refractivity contribution < 1.29 is 9.47 Å². The van der Waals surface area contributed by atoms with E-state index >= 15 is 0 Å². The summed E-state index contributed by atoms with van der Waals surface area (Å²) in [4.78, 5) is 0. The van der Waals surface area contributed by atoms with Gasteiger partial charge in [-0.1, -0.05) is 19.9 Å². The highest BCUT2D eigenvalue weighted by Crippen LogP contribution is 2.31. The van der Waals surface area contributed by atoms with Gasteiger partial charge in [0.2, 0.25) is 0 Å². The predicted octanol–water partition coefficient (Wildman–Crippen LogP) is 3.42. The Morgan fingerprint density at radius 1 is 1.10 bits per heavy atom. The number of hydrogen-bond acceptors (Lipinski definition) is 3. The third-order valence-electron chi connectivity index (χ3n) is 3.77. The average molecular weight is 277 g/mol. The highest BCUT2D eigenvalue weighted by molar-refractivity contribution is 5.43. The topological polar surface area (TPSA) is 30.5 Å². The number of aryl methyl sites for hydroxylation is 1. The first-order valence-electron chi connectivity index (χ1n) is 7.89. The Bertz CT molecular complexity index is 406. The van der Waals surface area contributed by atoms with E-state index in [4.69, 9.17) is 9.47 Å². The first kappa shape index (κ1) is 15.2. The summed E-state index contributed by atoms with van der Waals surface area (Å²) in [6.45, 7) is 8.14. The number of rotatable bonds is 8. The molecule has 3 nitrogen and oxygen atoms in total. The van der Waals surface area contributed by atoms with Crippen LogP contribution in [0.4, 0.5) is 0 Å². The van der Waals surface area contributed by atoms with Crippen LogP contribution in [0.3, 0.4) is 0 Å². The fourth-order valence-corrected chi connectivity index (χ4v) is 2.45. The van der Waals surface area contributed by atoms with Crippen molar-refractivity contribution in [2.45, 2.75) is 39.5 Å². The Hall–Kier alpha value is -1.22. The molecule has 0 aromatic heterocycles. The van der Waals surface area contributed by atoms with Gasteiger partial charge in [0, 0.05) is 0 Å². The molecule has 3 heteroatoms. The molecule has 0 bridgehead atoms. The Balaban J connectivity index is 1.73. The van der Waals surface area contributed by atoms with E-state index in [2.05, 4.69) is 31.3 Å². The fourth-order valence-electron chi connectivity index (χ4n) is 2.45. The molecular weight excluding hydrogens is 250 g/mol. The Labute approximate surface area is 122 Å². The van der Waals surface area contributed by atoms with Crippen molar-refractivity contribution in [3.63, 3.8) is 0 Å². The standard InChI is InChI=1S/C17H27NO2/c1-3-9-18-10-8-14(2)4-5-15-6-7-16-17(13-15)20-12-11-19-16/h6-7,13-14,18H,3-5,8-12H2,1-2H3. The minimum atomic E-state index is 0.661. The van der Waals surface area contributed by atoms with Gasteiger partial charge >= 0.3 is 0 Å². The lowest BCUT2D eigenvalue weighted by atomic mass is 9.98. The van der Waals surface area contributed by atoms with Crippen LogP contribution in [-0.4, -0.2) is 26.3 Å². The van der Waals surface area contributed by atoms with Crippen molar-refractivity contribution in [1.82, 2.24) is 5.32 Å². The lowest BCUT2D eigenvalue weighted by Gasteiger charge is -2.19. The molecule has 0 aliphatic carbocycles. The molecule has 0 amide bonds. The molecule has 1 N–H and O–H groups in total. The minimum Gasteiger partial charge on any atom is -0.486 e. The van der Waals surface area contributed by atoms with E-state index in [0.717, 1.165) is 36.9 Å². The molecule has 0 spiro atoms. The van der Waals surface area contributed by atoms with Gasteiger partial charge in [0.15, 0.2) is 11.5 Å². The van der Waals surface area contributed by atoms with Crippen molar-refractivity contribution >= 4 is 0 Å².